The first kappa shape index (κ1) is 21.2. The van der Waals surface area contributed by atoms with Crippen LogP contribution in [-0.4, -0.2) is 26.9 Å². The Bertz CT molecular complexity index is 1210. The molecule has 0 saturated heterocycles. The van der Waals surface area contributed by atoms with Crippen LogP contribution in [0, 0.1) is 18.6 Å². The SMILES string of the molecule is CC=C1CC(O)(C(F)(F)F)C(Nc2cccc3nc(C)ncc23)c2ccc(F)c(F)c21. The Morgan fingerprint density at radius 2 is 1.94 bits per heavy atom. The Morgan fingerprint density at radius 1 is 1.19 bits per heavy atom. The summed E-state index contributed by atoms with van der Waals surface area (Å²) in [6, 6.07) is 4.81. The van der Waals surface area contributed by atoms with E-state index in [0.29, 0.717) is 16.7 Å². The van der Waals surface area contributed by atoms with Crippen LogP contribution in [0.3, 0.4) is 0 Å². The van der Waals surface area contributed by atoms with E-state index in [1.807, 2.05) is 0 Å². The first-order valence-corrected chi connectivity index (χ1v) is 9.48. The van der Waals surface area contributed by atoms with Crippen LogP contribution in [0.15, 0.2) is 42.6 Å². The molecule has 0 aliphatic heterocycles. The van der Waals surface area contributed by atoms with Crippen LogP contribution >= 0.6 is 0 Å². The summed E-state index contributed by atoms with van der Waals surface area (Å²) in [5.74, 6) is -1.95. The number of aryl methyl sites for hydroxylation is 1. The maximum absolute atomic E-state index is 14.7. The molecule has 2 aromatic carbocycles. The van der Waals surface area contributed by atoms with Gasteiger partial charge in [-0.3, -0.25) is 0 Å². The fourth-order valence-electron chi connectivity index (χ4n) is 4.01. The average Bonchev–Trinajstić information content (AvgIpc) is 2.71. The van der Waals surface area contributed by atoms with Gasteiger partial charge in [0, 0.05) is 29.3 Å². The Hall–Kier alpha value is -3.07. The quantitative estimate of drug-likeness (QED) is 0.524. The highest BCUT2D eigenvalue weighted by Crippen LogP contribution is 2.53. The van der Waals surface area contributed by atoms with Crippen LogP contribution < -0.4 is 5.32 Å². The predicted octanol–water partition coefficient (Wildman–Crippen LogP) is 5.47. The third-order valence-corrected chi connectivity index (χ3v) is 5.58. The lowest BCUT2D eigenvalue weighted by Gasteiger charge is -2.44. The lowest BCUT2D eigenvalue weighted by atomic mass is 9.72. The minimum absolute atomic E-state index is 0.123. The maximum atomic E-state index is 14.7. The van der Waals surface area contributed by atoms with E-state index in [2.05, 4.69) is 15.3 Å². The van der Waals surface area contributed by atoms with Gasteiger partial charge in [0.15, 0.2) is 17.2 Å². The fourth-order valence-corrected chi connectivity index (χ4v) is 4.01. The molecule has 4 rings (SSSR count). The van der Waals surface area contributed by atoms with Gasteiger partial charge in [-0.05, 0) is 43.2 Å². The molecule has 0 radical (unpaired) electrons. The maximum Gasteiger partial charge on any atom is 0.419 e. The zero-order valence-corrected chi connectivity index (χ0v) is 16.6. The molecule has 3 aromatic rings. The number of hydrogen-bond acceptors (Lipinski definition) is 4. The highest BCUT2D eigenvalue weighted by molar-refractivity contribution is 5.91. The molecule has 0 saturated carbocycles. The first-order valence-electron chi connectivity index (χ1n) is 9.48. The molecule has 4 nitrogen and oxygen atoms in total. The van der Waals surface area contributed by atoms with Crippen LogP contribution in [0.25, 0.3) is 16.5 Å². The van der Waals surface area contributed by atoms with Gasteiger partial charge in [0.25, 0.3) is 0 Å². The molecule has 162 valence electrons. The molecule has 0 amide bonds. The molecular weight excluding hydrogens is 417 g/mol. The van der Waals surface area contributed by atoms with Crippen LogP contribution in [0.4, 0.5) is 27.6 Å². The van der Waals surface area contributed by atoms with Crippen molar-refractivity contribution in [2.75, 3.05) is 5.32 Å². The predicted molar refractivity (Wildman–Crippen MR) is 106 cm³/mol. The van der Waals surface area contributed by atoms with E-state index >= 15 is 0 Å². The normalized spacial score (nSPS) is 22.6. The van der Waals surface area contributed by atoms with E-state index in [1.54, 1.807) is 19.1 Å². The molecule has 9 heteroatoms. The molecular formula is C22H18F5N3O. The zero-order valence-electron chi connectivity index (χ0n) is 16.6. The van der Waals surface area contributed by atoms with E-state index in [4.69, 9.17) is 0 Å². The molecule has 2 unspecified atom stereocenters. The standard InChI is InChI=1S/C22H18F5N3O/c1-3-12-9-21(31,22(25,26)27)20(13-7-8-15(23)19(24)18(12)13)30-17-6-4-5-16-14(17)10-28-11(2)29-16/h3-8,10,20,30-31H,9H2,1-2H3. The van der Waals surface area contributed by atoms with E-state index < -0.39 is 35.9 Å². The highest BCUT2D eigenvalue weighted by Gasteiger charge is 2.61. The lowest BCUT2D eigenvalue weighted by Crippen LogP contribution is -2.54. The molecule has 2 atom stereocenters. The number of nitrogens with one attached hydrogen (secondary N) is 1. The summed E-state index contributed by atoms with van der Waals surface area (Å²) < 4.78 is 70.9. The Morgan fingerprint density at radius 3 is 2.61 bits per heavy atom. The number of aromatic nitrogens is 2. The largest absolute Gasteiger partial charge is 0.419 e. The third-order valence-electron chi connectivity index (χ3n) is 5.58. The minimum Gasteiger partial charge on any atom is -0.378 e. The van der Waals surface area contributed by atoms with Crippen molar-refractivity contribution in [2.24, 2.45) is 0 Å². The third kappa shape index (κ3) is 3.33. The van der Waals surface area contributed by atoms with Gasteiger partial charge in [-0.1, -0.05) is 18.2 Å². The number of anilines is 1. The monoisotopic (exact) mass is 435 g/mol. The molecule has 1 aliphatic rings. The average molecular weight is 435 g/mol. The van der Waals surface area contributed by atoms with Gasteiger partial charge >= 0.3 is 6.18 Å². The van der Waals surface area contributed by atoms with Crippen molar-refractivity contribution in [3.05, 3.63) is 71.2 Å². The van der Waals surface area contributed by atoms with Crippen LogP contribution in [0.5, 0.6) is 0 Å². The van der Waals surface area contributed by atoms with Gasteiger partial charge in [0.2, 0.25) is 0 Å². The lowest BCUT2D eigenvalue weighted by molar-refractivity contribution is -0.265. The fraction of sp³-hybridized carbons (Fsp3) is 0.273. The number of allylic oxidation sites excluding steroid dienone is 1. The second-order valence-electron chi connectivity index (χ2n) is 7.47. The number of halogens is 5. The summed E-state index contributed by atoms with van der Waals surface area (Å²) >= 11 is 0. The number of nitrogens with zero attached hydrogens (tertiary/aromatic N) is 2. The number of hydrogen-bond donors (Lipinski definition) is 2. The number of fused-ring (bicyclic) bond motifs is 2. The van der Waals surface area contributed by atoms with Crippen molar-refractivity contribution < 1.29 is 27.1 Å². The summed E-state index contributed by atoms with van der Waals surface area (Å²) in [5.41, 5.74) is -3.14. The Kier molecular flexibility index (Phi) is 4.96. The zero-order chi connectivity index (χ0) is 22.6. The van der Waals surface area contributed by atoms with Crippen LogP contribution in [-0.2, 0) is 0 Å². The van der Waals surface area contributed by atoms with Gasteiger partial charge < -0.3 is 10.4 Å². The molecule has 1 heterocycles. The van der Waals surface area contributed by atoms with E-state index in [-0.39, 0.29) is 22.4 Å². The molecule has 31 heavy (non-hydrogen) atoms. The first-order chi connectivity index (χ1) is 14.6. The summed E-state index contributed by atoms with van der Waals surface area (Å²) in [5, 5.41) is 14.0. The Labute approximate surface area is 174 Å². The van der Waals surface area contributed by atoms with Gasteiger partial charge in [0.05, 0.1) is 11.6 Å². The molecule has 0 bridgehead atoms. The Balaban J connectivity index is 1.95. The van der Waals surface area contributed by atoms with Crippen molar-refractivity contribution in [1.82, 2.24) is 9.97 Å². The van der Waals surface area contributed by atoms with E-state index in [1.165, 1.54) is 25.3 Å². The number of aliphatic hydroxyl groups is 1. The van der Waals surface area contributed by atoms with Gasteiger partial charge in [-0.2, -0.15) is 13.2 Å². The summed E-state index contributed by atoms with van der Waals surface area (Å²) in [6.45, 7) is 3.09. The smallest absolute Gasteiger partial charge is 0.378 e. The van der Waals surface area contributed by atoms with Gasteiger partial charge in [-0.15, -0.1) is 0 Å². The minimum atomic E-state index is -5.06. The molecule has 1 aliphatic carbocycles. The number of alkyl halides is 3. The summed E-state index contributed by atoms with van der Waals surface area (Å²) in [7, 11) is 0. The van der Waals surface area contributed by atoms with Crippen molar-refractivity contribution in [3.8, 4) is 0 Å². The van der Waals surface area contributed by atoms with Gasteiger partial charge in [-0.25, -0.2) is 18.7 Å². The van der Waals surface area contributed by atoms with Crippen LogP contribution in [0.1, 0.15) is 36.3 Å². The van der Waals surface area contributed by atoms with Crippen molar-refractivity contribution in [2.45, 2.75) is 38.1 Å². The summed E-state index contributed by atoms with van der Waals surface area (Å²) in [4.78, 5) is 8.34. The van der Waals surface area contributed by atoms with Crippen LogP contribution in [0.2, 0.25) is 0 Å². The summed E-state index contributed by atoms with van der Waals surface area (Å²) in [6.07, 6.45) is -3.28. The van der Waals surface area contributed by atoms with E-state index in [9.17, 15) is 27.1 Å². The van der Waals surface area contributed by atoms with Crippen molar-refractivity contribution in [3.63, 3.8) is 0 Å². The van der Waals surface area contributed by atoms with Gasteiger partial charge in [0.1, 0.15) is 5.82 Å². The highest BCUT2D eigenvalue weighted by atomic mass is 19.4. The second kappa shape index (κ2) is 7.26. The molecule has 0 spiro atoms. The number of benzene rings is 2. The molecule has 2 N–H and O–H groups in total. The number of rotatable bonds is 2. The molecule has 1 aromatic heterocycles. The topological polar surface area (TPSA) is 58.0 Å². The molecule has 0 fully saturated rings. The second-order valence-corrected chi connectivity index (χ2v) is 7.47. The van der Waals surface area contributed by atoms with E-state index in [0.717, 1.165) is 12.1 Å². The van der Waals surface area contributed by atoms with Crippen molar-refractivity contribution in [1.29, 1.82) is 0 Å². The van der Waals surface area contributed by atoms with Crippen molar-refractivity contribution >= 4 is 22.2 Å².